The van der Waals surface area contributed by atoms with Gasteiger partial charge in [-0.3, -0.25) is 0 Å². The molecule has 0 radical (unpaired) electrons. The van der Waals surface area contributed by atoms with E-state index in [-0.39, 0.29) is 16.2 Å². The molecule has 7 rings (SSSR count). The molecule has 4 aromatic heterocycles. The lowest BCUT2D eigenvalue weighted by Gasteiger charge is -2.23. The number of nitrogens with zero attached hydrogens (tertiary/aromatic N) is 5. The summed E-state index contributed by atoms with van der Waals surface area (Å²) >= 11 is 0. The van der Waals surface area contributed by atoms with Crippen LogP contribution in [0.15, 0.2) is 54.7 Å². The average molecular weight is 569 g/mol. The minimum atomic E-state index is -0.201. The van der Waals surface area contributed by atoms with Gasteiger partial charge < -0.3 is 4.40 Å². The molecule has 0 saturated carbocycles. The van der Waals surface area contributed by atoms with Crippen LogP contribution in [0.1, 0.15) is 85.1 Å². The Balaban J connectivity index is 1.69. The van der Waals surface area contributed by atoms with Crippen molar-refractivity contribution in [3.63, 3.8) is 0 Å². The predicted octanol–water partition coefficient (Wildman–Crippen LogP) is 8.87. The van der Waals surface area contributed by atoms with Crippen LogP contribution in [0.4, 0.5) is 0 Å². The summed E-state index contributed by atoms with van der Waals surface area (Å²) in [4.78, 5) is 15.1. The first-order valence-corrected chi connectivity index (χ1v) is 15.4. The van der Waals surface area contributed by atoms with Crippen molar-refractivity contribution in [3.8, 4) is 11.4 Å². The second kappa shape index (κ2) is 8.72. The van der Waals surface area contributed by atoms with Crippen molar-refractivity contribution >= 4 is 49.0 Å². The van der Waals surface area contributed by atoms with Crippen molar-refractivity contribution in [3.05, 3.63) is 77.5 Å². The van der Waals surface area contributed by atoms with E-state index in [1.165, 1.54) is 60.1 Å². The van der Waals surface area contributed by atoms with E-state index in [4.69, 9.17) is 15.0 Å². The minimum Gasteiger partial charge on any atom is -0.307 e. The number of aromatic nitrogens is 5. The molecule has 0 aliphatic carbocycles. The highest BCUT2D eigenvalue weighted by Gasteiger charge is 2.28. The minimum absolute atomic E-state index is 0.0626. The van der Waals surface area contributed by atoms with Gasteiger partial charge in [-0.1, -0.05) is 80.5 Å². The van der Waals surface area contributed by atoms with Gasteiger partial charge in [0.05, 0.1) is 27.3 Å². The Hall–Kier alpha value is -4.12. The van der Waals surface area contributed by atoms with Crippen molar-refractivity contribution in [1.29, 1.82) is 0 Å². The van der Waals surface area contributed by atoms with Gasteiger partial charge in [-0.2, -0.15) is 0 Å². The Bertz CT molecular complexity index is 2220. The fraction of sp³-hybridized carbons (Fsp3) is 0.368. The maximum atomic E-state index is 5.09. The monoisotopic (exact) mass is 568 g/mol. The Labute approximate surface area is 254 Å². The van der Waals surface area contributed by atoms with Crippen LogP contribution < -0.4 is 4.57 Å². The second-order valence-corrected chi connectivity index (χ2v) is 15.5. The zero-order valence-corrected chi connectivity index (χ0v) is 27.4. The van der Waals surface area contributed by atoms with Crippen LogP contribution in [0.2, 0.25) is 0 Å². The van der Waals surface area contributed by atoms with Crippen LogP contribution in [0.25, 0.3) is 60.4 Å². The van der Waals surface area contributed by atoms with Crippen LogP contribution in [0.5, 0.6) is 0 Å². The van der Waals surface area contributed by atoms with Crippen LogP contribution in [0.3, 0.4) is 0 Å². The highest BCUT2D eigenvalue weighted by molar-refractivity contribution is 6.26. The molecule has 5 heteroatoms. The molecule has 0 atom stereocenters. The summed E-state index contributed by atoms with van der Waals surface area (Å²) in [5, 5.41) is 6.34. The molecule has 7 aromatic rings. The van der Waals surface area contributed by atoms with Gasteiger partial charge in [0.1, 0.15) is 18.7 Å². The van der Waals surface area contributed by atoms with E-state index in [2.05, 4.69) is 140 Å². The molecular weight excluding hydrogens is 526 g/mol. The third-order valence-electron chi connectivity index (χ3n) is 8.93. The first kappa shape index (κ1) is 27.7. The Morgan fingerprint density at radius 2 is 1.33 bits per heavy atom. The number of rotatable bonds is 1. The molecule has 0 fully saturated rings. The molecule has 3 aromatic carbocycles. The molecule has 0 aliphatic heterocycles. The Morgan fingerprint density at radius 1 is 0.651 bits per heavy atom. The molecular formula is C38H42N5+. The molecule has 43 heavy (non-hydrogen) atoms. The van der Waals surface area contributed by atoms with E-state index in [9.17, 15) is 0 Å². The van der Waals surface area contributed by atoms with Crippen LogP contribution in [-0.2, 0) is 23.3 Å². The van der Waals surface area contributed by atoms with E-state index in [1.807, 2.05) is 0 Å². The maximum Gasteiger partial charge on any atom is 0.224 e. The number of benzene rings is 3. The van der Waals surface area contributed by atoms with Crippen LogP contribution >= 0.6 is 0 Å². The van der Waals surface area contributed by atoms with Crippen molar-refractivity contribution in [2.75, 3.05) is 0 Å². The molecule has 4 heterocycles. The van der Waals surface area contributed by atoms with Gasteiger partial charge in [0.25, 0.3) is 0 Å². The lowest BCUT2D eigenvalue weighted by molar-refractivity contribution is -0.643. The zero-order chi connectivity index (χ0) is 30.8. The van der Waals surface area contributed by atoms with E-state index in [0.717, 1.165) is 23.0 Å². The van der Waals surface area contributed by atoms with E-state index in [1.54, 1.807) is 0 Å². The summed E-state index contributed by atoms with van der Waals surface area (Å²) in [5.41, 5.74) is 8.24. The summed E-state index contributed by atoms with van der Waals surface area (Å²) in [6, 6.07) is 18.4. The fourth-order valence-corrected chi connectivity index (χ4v) is 6.49. The lowest BCUT2D eigenvalue weighted by atomic mass is 9.86. The molecule has 0 spiro atoms. The van der Waals surface area contributed by atoms with Gasteiger partial charge >= 0.3 is 0 Å². The van der Waals surface area contributed by atoms with Gasteiger partial charge in [-0.15, -0.1) is 0 Å². The van der Waals surface area contributed by atoms with E-state index in [0.29, 0.717) is 0 Å². The van der Waals surface area contributed by atoms with E-state index >= 15 is 0 Å². The summed E-state index contributed by atoms with van der Waals surface area (Å²) < 4.78 is 4.78. The number of fused-ring (bicyclic) bond motifs is 5. The largest absolute Gasteiger partial charge is 0.307 e. The zero-order valence-electron chi connectivity index (χ0n) is 27.4. The Morgan fingerprint density at radius 3 is 1.95 bits per heavy atom. The van der Waals surface area contributed by atoms with Crippen molar-refractivity contribution < 1.29 is 4.57 Å². The third kappa shape index (κ3) is 4.11. The molecule has 0 saturated heterocycles. The van der Waals surface area contributed by atoms with Gasteiger partial charge in [0, 0.05) is 33.2 Å². The summed E-state index contributed by atoms with van der Waals surface area (Å²) in [5.74, 6) is 2.37. The maximum absolute atomic E-state index is 5.09. The first-order valence-electron chi connectivity index (χ1n) is 15.4. The van der Waals surface area contributed by atoms with Gasteiger partial charge in [-0.05, 0) is 53.1 Å². The topological polar surface area (TPSA) is 47.0 Å². The summed E-state index contributed by atoms with van der Waals surface area (Å²) in [6.45, 7) is 22.1. The van der Waals surface area contributed by atoms with Gasteiger partial charge in [0.2, 0.25) is 5.52 Å². The highest BCUT2D eigenvalue weighted by Crippen LogP contribution is 2.43. The van der Waals surface area contributed by atoms with Crippen LogP contribution in [0, 0.1) is 6.92 Å². The van der Waals surface area contributed by atoms with Crippen molar-refractivity contribution in [2.45, 2.75) is 85.5 Å². The van der Waals surface area contributed by atoms with Crippen LogP contribution in [-0.4, -0.2) is 19.4 Å². The third-order valence-corrected chi connectivity index (χ3v) is 8.93. The molecule has 0 aliphatic rings. The number of hydrogen-bond acceptors (Lipinski definition) is 3. The Kier molecular flexibility index (Phi) is 5.61. The number of aryl methyl sites for hydroxylation is 2. The average Bonchev–Trinajstić information content (AvgIpc) is 3.25. The lowest BCUT2D eigenvalue weighted by Crippen LogP contribution is -2.29. The van der Waals surface area contributed by atoms with Gasteiger partial charge in [0.15, 0.2) is 12.0 Å². The normalized spacial score (nSPS) is 13.5. The molecule has 0 unspecified atom stereocenters. The first-order chi connectivity index (χ1) is 20.0. The number of pyridine rings is 2. The summed E-state index contributed by atoms with van der Waals surface area (Å²) in [7, 11) is 2.16. The molecule has 5 nitrogen and oxygen atoms in total. The standard InChI is InChI=1S/C38H42N5/c1-21-12-14-25-26-20-24(36(2,3)4)13-15-27(26)43-28-19-23(18-22-16-17-42(11)32(30(22)28)29(21)31(25)43)33-39-34(37(5,6)7)41-35(40-33)38(8,9)10/h12-20H,1-11H3/q+1. The molecule has 0 N–H and O–H groups in total. The van der Waals surface area contributed by atoms with Crippen molar-refractivity contribution in [2.24, 2.45) is 7.05 Å². The SMILES string of the molecule is Cc1ccc2c3cc(C(C)(C)C)ccc3n3c4cc(-c5nc(C(C)(C)C)nc(C(C)(C)C)n5)cc5cc[n+](C)c(c1c23)c54. The van der Waals surface area contributed by atoms with Gasteiger partial charge in [-0.25, -0.2) is 19.5 Å². The van der Waals surface area contributed by atoms with Crippen molar-refractivity contribution in [1.82, 2.24) is 19.4 Å². The quantitative estimate of drug-likeness (QED) is 0.113. The predicted molar refractivity (Wildman–Crippen MR) is 179 cm³/mol. The number of hydrogen-bond donors (Lipinski definition) is 0. The fourth-order valence-electron chi connectivity index (χ4n) is 6.49. The molecule has 0 amide bonds. The molecule has 218 valence electrons. The molecule has 0 bridgehead atoms. The highest BCUT2D eigenvalue weighted by atomic mass is 15.1. The smallest absolute Gasteiger partial charge is 0.224 e. The second-order valence-electron chi connectivity index (χ2n) is 15.5. The summed E-state index contributed by atoms with van der Waals surface area (Å²) in [6.07, 6.45) is 2.19. The van der Waals surface area contributed by atoms with E-state index < -0.39 is 0 Å².